The molecule has 0 radical (unpaired) electrons. The average molecular weight is 473 g/mol. The van der Waals surface area contributed by atoms with Crippen LogP contribution in [-0.2, 0) is 6.42 Å². The van der Waals surface area contributed by atoms with Crippen LogP contribution in [0.25, 0.3) is 0 Å². The van der Waals surface area contributed by atoms with E-state index in [1.165, 1.54) is 12.1 Å². The summed E-state index contributed by atoms with van der Waals surface area (Å²) < 4.78 is 40.2. The zero-order valence-corrected chi connectivity index (χ0v) is 16.2. The van der Waals surface area contributed by atoms with Crippen molar-refractivity contribution in [1.29, 1.82) is 0 Å². The molecule has 1 aromatic rings. The maximum atomic E-state index is 12.1. The number of aliphatic imine (C=N–C) groups is 1. The monoisotopic (exact) mass is 473 g/mol. The molecule has 0 heterocycles. The Morgan fingerprint density at radius 2 is 1.96 bits per heavy atom. The van der Waals surface area contributed by atoms with Gasteiger partial charge in [0, 0.05) is 32.2 Å². The first kappa shape index (κ1) is 21.8. The Labute approximate surface area is 162 Å². The van der Waals surface area contributed by atoms with Crippen molar-refractivity contribution in [2.75, 3.05) is 20.2 Å². The van der Waals surface area contributed by atoms with Crippen LogP contribution in [0.5, 0.6) is 5.75 Å². The highest BCUT2D eigenvalue weighted by molar-refractivity contribution is 14.0. The van der Waals surface area contributed by atoms with Crippen molar-refractivity contribution in [3.05, 3.63) is 29.8 Å². The van der Waals surface area contributed by atoms with Crippen molar-refractivity contribution in [1.82, 2.24) is 4.90 Å². The fraction of sp³-hybridized carbons (Fsp3) is 0.562. The zero-order valence-electron chi connectivity index (χ0n) is 13.9. The van der Waals surface area contributed by atoms with E-state index in [4.69, 9.17) is 5.73 Å². The number of aliphatic hydroxyl groups excluding tert-OH is 1. The quantitative estimate of drug-likeness (QED) is 0.363. The fourth-order valence-electron chi connectivity index (χ4n) is 2.33. The molecule has 1 aliphatic carbocycles. The van der Waals surface area contributed by atoms with Gasteiger partial charge < -0.3 is 20.5 Å². The molecule has 0 bridgehead atoms. The van der Waals surface area contributed by atoms with Crippen molar-refractivity contribution in [3.63, 3.8) is 0 Å². The molecule has 0 aromatic heterocycles. The first-order valence-corrected chi connectivity index (χ1v) is 7.77. The van der Waals surface area contributed by atoms with Crippen LogP contribution in [0.2, 0.25) is 0 Å². The maximum Gasteiger partial charge on any atom is 0.573 e. The minimum Gasteiger partial charge on any atom is -0.406 e. The summed E-state index contributed by atoms with van der Waals surface area (Å²) in [7, 11) is 1.89. The Bertz CT molecular complexity index is 563. The lowest BCUT2D eigenvalue weighted by atomic mass is 10.0. The molecular formula is C16H23F3IN3O2. The SMILES string of the molecule is CN(C(N)=NCC(CO)Cc1ccc(OC(F)(F)F)cc1)C1CC1.I. The number of guanidine groups is 1. The second kappa shape index (κ2) is 9.46. The molecule has 0 amide bonds. The number of aliphatic hydroxyl groups is 1. The molecule has 0 saturated heterocycles. The molecule has 1 unspecified atom stereocenters. The predicted molar refractivity (Wildman–Crippen MR) is 100 cm³/mol. The lowest BCUT2D eigenvalue weighted by molar-refractivity contribution is -0.274. The van der Waals surface area contributed by atoms with Gasteiger partial charge in [-0.25, -0.2) is 0 Å². The van der Waals surface area contributed by atoms with Gasteiger partial charge in [-0.15, -0.1) is 37.1 Å². The third kappa shape index (κ3) is 7.68. The zero-order chi connectivity index (χ0) is 17.7. The molecule has 1 fully saturated rings. The second-order valence-electron chi connectivity index (χ2n) is 5.99. The standard InChI is InChI=1S/C16H22F3N3O2.HI/c1-22(13-4-5-13)15(20)21-9-12(10-23)8-11-2-6-14(7-3-11)24-16(17,18)19;/h2-3,6-7,12-13,23H,4-5,8-10H2,1H3,(H2,20,21);1H. The molecule has 0 aliphatic heterocycles. The van der Waals surface area contributed by atoms with Crippen LogP contribution in [0.3, 0.4) is 0 Å². The summed E-state index contributed by atoms with van der Waals surface area (Å²) in [5, 5.41) is 9.47. The lowest BCUT2D eigenvalue weighted by Gasteiger charge is -2.18. The number of halogens is 4. The van der Waals surface area contributed by atoms with Gasteiger partial charge in [0.25, 0.3) is 0 Å². The first-order chi connectivity index (χ1) is 11.3. The third-order valence-electron chi connectivity index (χ3n) is 3.91. The number of hydrogen-bond donors (Lipinski definition) is 2. The van der Waals surface area contributed by atoms with E-state index in [9.17, 15) is 18.3 Å². The number of alkyl halides is 3. The topological polar surface area (TPSA) is 71.1 Å². The van der Waals surface area contributed by atoms with Gasteiger partial charge in [-0.3, -0.25) is 4.99 Å². The van der Waals surface area contributed by atoms with Crippen molar-refractivity contribution < 1.29 is 23.0 Å². The van der Waals surface area contributed by atoms with E-state index in [0.717, 1.165) is 18.4 Å². The van der Waals surface area contributed by atoms with Crippen LogP contribution in [0, 0.1) is 5.92 Å². The fourth-order valence-corrected chi connectivity index (χ4v) is 2.33. The number of rotatable bonds is 7. The van der Waals surface area contributed by atoms with Gasteiger partial charge in [-0.1, -0.05) is 12.1 Å². The second-order valence-corrected chi connectivity index (χ2v) is 5.99. The van der Waals surface area contributed by atoms with E-state index < -0.39 is 6.36 Å². The number of nitrogens with zero attached hydrogens (tertiary/aromatic N) is 2. The highest BCUT2D eigenvalue weighted by atomic mass is 127. The summed E-state index contributed by atoms with van der Waals surface area (Å²) in [6, 6.07) is 6.08. The van der Waals surface area contributed by atoms with Crippen LogP contribution in [0.4, 0.5) is 13.2 Å². The summed E-state index contributed by atoms with van der Waals surface area (Å²) in [6.45, 7) is 0.283. The highest BCUT2D eigenvalue weighted by Crippen LogP contribution is 2.25. The van der Waals surface area contributed by atoms with Crippen molar-refractivity contribution in [2.45, 2.75) is 31.7 Å². The molecule has 1 atom stereocenters. The molecule has 1 aromatic carbocycles. The largest absolute Gasteiger partial charge is 0.573 e. The van der Waals surface area contributed by atoms with Crippen LogP contribution in [0.15, 0.2) is 29.3 Å². The van der Waals surface area contributed by atoms with E-state index in [-0.39, 0.29) is 42.3 Å². The Hall–Kier alpha value is -1.23. The highest BCUT2D eigenvalue weighted by Gasteiger charge is 2.31. The third-order valence-corrected chi connectivity index (χ3v) is 3.91. The summed E-state index contributed by atoms with van der Waals surface area (Å²) in [5.41, 5.74) is 6.70. The van der Waals surface area contributed by atoms with E-state index in [0.29, 0.717) is 25.0 Å². The van der Waals surface area contributed by atoms with Crippen molar-refractivity contribution in [2.24, 2.45) is 16.6 Å². The Kier molecular flexibility index (Phi) is 8.26. The maximum absolute atomic E-state index is 12.1. The molecule has 1 aliphatic rings. The Balaban J connectivity index is 0.00000312. The number of hydrogen-bond acceptors (Lipinski definition) is 3. The molecule has 2 rings (SSSR count). The van der Waals surface area contributed by atoms with Gasteiger partial charge >= 0.3 is 6.36 Å². The minimum absolute atomic E-state index is 0. The van der Waals surface area contributed by atoms with Crippen LogP contribution in [-0.4, -0.2) is 48.6 Å². The van der Waals surface area contributed by atoms with Gasteiger partial charge in [0.05, 0.1) is 0 Å². The van der Waals surface area contributed by atoms with Crippen molar-refractivity contribution >= 4 is 29.9 Å². The molecule has 142 valence electrons. The molecule has 5 nitrogen and oxygen atoms in total. The summed E-state index contributed by atoms with van der Waals surface area (Å²) in [6.07, 6.45) is -1.98. The molecule has 25 heavy (non-hydrogen) atoms. The predicted octanol–water partition coefficient (Wildman–Crippen LogP) is 2.76. The van der Waals surface area contributed by atoms with Gasteiger partial charge in [0.2, 0.25) is 0 Å². The van der Waals surface area contributed by atoms with E-state index in [1.807, 2.05) is 11.9 Å². The number of ether oxygens (including phenoxy) is 1. The van der Waals surface area contributed by atoms with Gasteiger partial charge in [0.1, 0.15) is 5.75 Å². The normalized spacial score (nSPS) is 16.1. The smallest absolute Gasteiger partial charge is 0.406 e. The summed E-state index contributed by atoms with van der Waals surface area (Å²) >= 11 is 0. The average Bonchev–Trinajstić information content (AvgIpc) is 3.35. The van der Waals surface area contributed by atoms with Gasteiger partial charge in [-0.05, 0) is 37.0 Å². The Morgan fingerprint density at radius 3 is 2.44 bits per heavy atom. The van der Waals surface area contributed by atoms with Gasteiger partial charge in [-0.2, -0.15) is 0 Å². The first-order valence-electron chi connectivity index (χ1n) is 7.77. The molecule has 3 N–H and O–H groups in total. The van der Waals surface area contributed by atoms with Gasteiger partial charge in [0.15, 0.2) is 5.96 Å². The Morgan fingerprint density at radius 1 is 1.36 bits per heavy atom. The van der Waals surface area contributed by atoms with Crippen molar-refractivity contribution in [3.8, 4) is 5.75 Å². The minimum atomic E-state index is -4.70. The van der Waals surface area contributed by atoms with Crippen LogP contribution >= 0.6 is 24.0 Å². The lowest BCUT2D eigenvalue weighted by Crippen LogP contribution is -2.36. The van der Waals surface area contributed by atoms with E-state index in [1.54, 1.807) is 12.1 Å². The van der Waals surface area contributed by atoms with E-state index in [2.05, 4.69) is 9.73 Å². The number of nitrogens with two attached hydrogens (primary N) is 1. The molecular weight excluding hydrogens is 450 g/mol. The summed E-state index contributed by atoms with van der Waals surface area (Å²) in [5.74, 6) is 0.0375. The van der Waals surface area contributed by atoms with E-state index >= 15 is 0 Å². The van der Waals surface area contributed by atoms with Crippen LogP contribution < -0.4 is 10.5 Å². The van der Waals surface area contributed by atoms with Crippen LogP contribution in [0.1, 0.15) is 18.4 Å². The number of benzene rings is 1. The molecule has 1 saturated carbocycles. The molecule has 0 spiro atoms. The molecule has 9 heteroatoms. The summed E-state index contributed by atoms with van der Waals surface area (Å²) in [4.78, 5) is 6.23.